The molecule has 0 spiro atoms. The predicted octanol–water partition coefficient (Wildman–Crippen LogP) is 3.22. The lowest BCUT2D eigenvalue weighted by Gasteiger charge is -2.30. The molecule has 0 aliphatic carbocycles. The summed E-state index contributed by atoms with van der Waals surface area (Å²) < 4.78 is 11.8. The van der Waals surface area contributed by atoms with Crippen molar-refractivity contribution in [2.24, 2.45) is 0 Å². The van der Waals surface area contributed by atoms with Crippen molar-refractivity contribution in [3.8, 4) is 0 Å². The van der Waals surface area contributed by atoms with Gasteiger partial charge in [0.1, 0.15) is 11.3 Å². The molecule has 0 bridgehead atoms. The van der Waals surface area contributed by atoms with Crippen molar-refractivity contribution in [2.45, 2.75) is 12.5 Å². The molecule has 148 valence electrons. The minimum Gasteiger partial charge on any atom is -0.477 e. The molecule has 2 aromatic heterocycles. The van der Waals surface area contributed by atoms with Gasteiger partial charge in [0, 0.05) is 44.2 Å². The second-order valence-electron chi connectivity index (χ2n) is 7.18. The quantitative estimate of drug-likeness (QED) is 0.712. The number of pyridine rings is 1. The first-order valence-electron chi connectivity index (χ1n) is 9.84. The minimum atomic E-state index is -0.287. The fourth-order valence-electron chi connectivity index (χ4n) is 3.79. The molecule has 7 heteroatoms. The maximum absolute atomic E-state index is 12.8. The third kappa shape index (κ3) is 3.56. The maximum Gasteiger partial charge on any atom is 0.290 e. The van der Waals surface area contributed by atoms with Gasteiger partial charge < -0.3 is 24.7 Å². The Hall–Kier alpha value is -3.32. The van der Waals surface area contributed by atoms with Crippen molar-refractivity contribution in [3.05, 3.63) is 66.4 Å². The third-order valence-corrected chi connectivity index (χ3v) is 5.28. The molecule has 5 rings (SSSR count). The summed E-state index contributed by atoms with van der Waals surface area (Å²) in [5, 5.41) is 7.33. The molecule has 2 N–H and O–H groups in total. The van der Waals surface area contributed by atoms with Gasteiger partial charge in [-0.05, 0) is 24.3 Å². The van der Waals surface area contributed by atoms with Gasteiger partial charge in [-0.25, -0.2) is 0 Å². The Morgan fingerprint density at radius 2 is 2.07 bits per heavy atom. The summed E-state index contributed by atoms with van der Waals surface area (Å²) in [6, 6.07) is 11.7. The molecule has 3 aromatic rings. The number of anilines is 2. The molecule has 1 aromatic carbocycles. The SMILES string of the molecule is O=C(Nc1cnccc1N1CCNCC1)C1=CCC(c2cc3ccccc3o2)O1. The maximum atomic E-state index is 12.8. The molecule has 0 radical (unpaired) electrons. The summed E-state index contributed by atoms with van der Waals surface area (Å²) in [4.78, 5) is 19.2. The van der Waals surface area contributed by atoms with E-state index in [9.17, 15) is 4.79 Å². The number of carbonyl (C=O) groups is 1. The molecule has 2 aliphatic heterocycles. The van der Waals surface area contributed by atoms with Crippen molar-refractivity contribution in [2.75, 3.05) is 36.4 Å². The van der Waals surface area contributed by atoms with Crippen LogP contribution in [-0.2, 0) is 9.53 Å². The van der Waals surface area contributed by atoms with Crippen LogP contribution in [0.25, 0.3) is 11.0 Å². The molecule has 1 amide bonds. The van der Waals surface area contributed by atoms with Crippen LogP contribution in [0.3, 0.4) is 0 Å². The average Bonchev–Trinajstić information content (AvgIpc) is 3.42. The average molecular weight is 390 g/mol. The number of aromatic nitrogens is 1. The molecule has 4 heterocycles. The smallest absolute Gasteiger partial charge is 0.290 e. The fraction of sp³-hybridized carbons (Fsp3) is 0.273. The van der Waals surface area contributed by atoms with E-state index >= 15 is 0 Å². The van der Waals surface area contributed by atoms with Gasteiger partial charge in [-0.2, -0.15) is 0 Å². The highest BCUT2D eigenvalue weighted by molar-refractivity contribution is 6.04. The van der Waals surface area contributed by atoms with E-state index < -0.39 is 0 Å². The highest BCUT2D eigenvalue weighted by Crippen LogP contribution is 2.35. The van der Waals surface area contributed by atoms with Crippen LogP contribution in [0.2, 0.25) is 0 Å². The summed E-state index contributed by atoms with van der Waals surface area (Å²) in [6.07, 6.45) is 5.55. The number of furan rings is 1. The lowest BCUT2D eigenvalue weighted by Crippen LogP contribution is -2.43. The summed E-state index contributed by atoms with van der Waals surface area (Å²) in [6.45, 7) is 3.62. The molecule has 1 saturated heterocycles. The van der Waals surface area contributed by atoms with Crippen LogP contribution >= 0.6 is 0 Å². The van der Waals surface area contributed by atoms with Crippen molar-refractivity contribution in [3.63, 3.8) is 0 Å². The van der Waals surface area contributed by atoms with Crippen LogP contribution in [0, 0.1) is 0 Å². The molecular formula is C22H22N4O3. The number of carbonyl (C=O) groups excluding carboxylic acids is 1. The molecule has 1 fully saturated rings. The van der Waals surface area contributed by atoms with Gasteiger partial charge in [0.05, 0.1) is 17.6 Å². The highest BCUT2D eigenvalue weighted by Gasteiger charge is 2.28. The van der Waals surface area contributed by atoms with E-state index in [0.29, 0.717) is 17.9 Å². The lowest BCUT2D eigenvalue weighted by atomic mass is 10.2. The summed E-state index contributed by atoms with van der Waals surface area (Å²) in [5.41, 5.74) is 2.48. The summed E-state index contributed by atoms with van der Waals surface area (Å²) in [5.74, 6) is 0.770. The molecule has 1 unspecified atom stereocenters. The van der Waals surface area contributed by atoms with E-state index in [4.69, 9.17) is 9.15 Å². The van der Waals surface area contributed by atoms with Crippen LogP contribution in [0.5, 0.6) is 0 Å². The van der Waals surface area contributed by atoms with Gasteiger partial charge in [-0.15, -0.1) is 0 Å². The zero-order valence-electron chi connectivity index (χ0n) is 15.9. The van der Waals surface area contributed by atoms with Crippen LogP contribution < -0.4 is 15.5 Å². The van der Waals surface area contributed by atoms with Gasteiger partial charge in [0.15, 0.2) is 11.9 Å². The first kappa shape index (κ1) is 17.8. The van der Waals surface area contributed by atoms with Gasteiger partial charge in [0.25, 0.3) is 5.91 Å². The zero-order chi connectivity index (χ0) is 19.6. The number of benzene rings is 1. The predicted molar refractivity (Wildman–Crippen MR) is 111 cm³/mol. The van der Waals surface area contributed by atoms with Gasteiger partial charge in [-0.3, -0.25) is 9.78 Å². The minimum absolute atomic E-state index is 0.270. The number of amides is 1. The van der Waals surface area contributed by atoms with Crippen LogP contribution in [0.1, 0.15) is 18.3 Å². The van der Waals surface area contributed by atoms with E-state index in [-0.39, 0.29) is 12.0 Å². The van der Waals surface area contributed by atoms with Crippen LogP contribution in [0.15, 0.2) is 65.0 Å². The first-order chi connectivity index (χ1) is 14.3. The summed E-state index contributed by atoms with van der Waals surface area (Å²) >= 11 is 0. The number of para-hydroxylation sites is 1. The molecule has 1 atom stereocenters. The highest BCUT2D eigenvalue weighted by atomic mass is 16.5. The van der Waals surface area contributed by atoms with Gasteiger partial charge in [-0.1, -0.05) is 18.2 Å². The molecular weight excluding hydrogens is 368 g/mol. The number of nitrogens with one attached hydrogen (secondary N) is 2. The Balaban J connectivity index is 1.28. The second-order valence-corrected chi connectivity index (χ2v) is 7.18. The standard InChI is InChI=1S/C22H22N4O3/c27-22(25-16-14-24-8-7-17(16)26-11-9-23-10-12-26)20-6-5-19(29-20)21-13-15-3-1-2-4-18(15)28-21/h1-4,6-8,13-14,19,23H,5,9-12H2,(H,25,27). The Bertz CT molecular complexity index is 1040. The molecule has 29 heavy (non-hydrogen) atoms. The van der Waals surface area contributed by atoms with E-state index in [1.807, 2.05) is 42.5 Å². The second kappa shape index (κ2) is 7.60. The van der Waals surface area contributed by atoms with E-state index in [0.717, 1.165) is 48.6 Å². The van der Waals surface area contributed by atoms with Crippen LogP contribution in [0.4, 0.5) is 11.4 Å². The lowest BCUT2D eigenvalue weighted by molar-refractivity contribution is -0.116. The number of nitrogens with zero attached hydrogens (tertiary/aromatic N) is 2. The van der Waals surface area contributed by atoms with Crippen molar-refractivity contribution >= 4 is 28.3 Å². The number of fused-ring (bicyclic) bond motifs is 1. The van der Waals surface area contributed by atoms with Crippen LogP contribution in [-0.4, -0.2) is 37.1 Å². The number of rotatable bonds is 4. The number of piperazine rings is 1. The van der Waals surface area contributed by atoms with Crippen molar-refractivity contribution in [1.82, 2.24) is 10.3 Å². The fourth-order valence-corrected chi connectivity index (χ4v) is 3.79. The summed E-state index contributed by atoms with van der Waals surface area (Å²) in [7, 11) is 0. The Kier molecular flexibility index (Phi) is 4.65. The van der Waals surface area contributed by atoms with Crippen molar-refractivity contribution < 1.29 is 13.9 Å². The number of hydrogen-bond acceptors (Lipinski definition) is 6. The van der Waals surface area contributed by atoms with Gasteiger partial charge in [0.2, 0.25) is 0 Å². The molecule has 2 aliphatic rings. The number of ether oxygens (including phenoxy) is 1. The van der Waals surface area contributed by atoms with E-state index in [1.54, 1.807) is 12.4 Å². The Morgan fingerprint density at radius 3 is 2.93 bits per heavy atom. The Morgan fingerprint density at radius 1 is 1.21 bits per heavy atom. The zero-order valence-corrected chi connectivity index (χ0v) is 15.9. The monoisotopic (exact) mass is 390 g/mol. The number of hydrogen-bond donors (Lipinski definition) is 2. The topological polar surface area (TPSA) is 79.6 Å². The normalized spacial score (nSPS) is 19.1. The first-order valence-corrected chi connectivity index (χ1v) is 9.84. The van der Waals surface area contributed by atoms with E-state index in [2.05, 4.69) is 20.5 Å². The van der Waals surface area contributed by atoms with Gasteiger partial charge >= 0.3 is 0 Å². The largest absolute Gasteiger partial charge is 0.477 e. The molecule has 0 saturated carbocycles. The van der Waals surface area contributed by atoms with E-state index in [1.165, 1.54) is 0 Å². The Labute approximate surface area is 168 Å². The van der Waals surface area contributed by atoms with Crippen molar-refractivity contribution in [1.29, 1.82) is 0 Å². The third-order valence-electron chi connectivity index (χ3n) is 5.28. The molecule has 7 nitrogen and oxygen atoms in total.